The van der Waals surface area contributed by atoms with E-state index in [1.165, 1.54) is 12.1 Å². The summed E-state index contributed by atoms with van der Waals surface area (Å²) >= 11 is 0. The Morgan fingerprint density at radius 1 is 1.00 bits per heavy atom. The minimum Gasteiger partial charge on any atom is -0.491 e. The highest BCUT2D eigenvalue weighted by Crippen LogP contribution is 2.25. The van der Waals surface area contributed by atoms with Gasteiger partial charge in [0.2, 0.25) is 0 Å². The van der Waals surface area contributed by atoms with Crippen LogP contribution in [0.25, 0.3) is 0 Å². The minimum atomic E-state index is -0.836. The first-order valence-electron chi connectivity index (χ1n) is 6.67. The third-order valence-electron chi connectivity index (χ3n) is 2.95. The van der Waals surface area contributed by atoms with E-state index in [1.807, 2.05) is 26.0 Å². The highest BCUT2D eigenvalue weighted by molar-refractivity contribution is 5.35. The predicted octanol–water partition coefficient (Wildman–Crippen LogP) is 4.00. The fourth-order valence-corrected chi connectivity index (χ4v) is 2.12. The molecule has 2 rings (SSSR count). The Kier molecular flexibility index (Phi) is 4.40. The van der Waals surface area contributed by atoms with Crippen molar-refractivity contribution in [3.05, 3.63) is 65.0 Å². The maximum atomic E-state index is 13.4. The van der Waals surface area contributed by atoms with Crippen molar-refractivity contribution >= 4 is 0 Å². The second-order valence-electron chi connectivity index (χ2n) is 5.20. The lowest BCUT2D eigenvalue weighted by molar-refractivity contribution is 0.219. The summed E-state index contributed by atoms with van der Waals surface area (Å²) in [5.74, 6) is 0.421. The Labute approximate surface area is 118 Å². The Morgan fingerprint density at radius 3 is 2.20 bits per heavy atom. The van der Waals surface area contributed by atoms with E-state index < -0.39 is 6.10 Å². The molecule has 2 nitrogen and oxygen atoms in total. The molecule has 0 aliphatic carbocycles. The number of aliphatic hydroxyl groups excluding tert-OH is 1. The fourth-order valence-electron chi connectivity index (χ4n) is 2.12. The Bertz CT molecular complexity index is 556. The molecule has 1 unspecified atom stereocenters. The van der Waals surface area contributed by atoms with Gasteiger partial charge in [0.1, 0.15) is 17.7 Å². The monoisotopic (exact) mass is 274 g/mol. The molecule has 0 fully saturated rings. The minimum absolute atomic E-state index is 0.108. The van der Waals surface area contributed by atoms with Crippen molar-refractivity contribution in [2.24, 2.45) is 0 Å². The van der Waals surface area contributed by atoms with Crippen LogP contribution in [0.5, 0.6) is 5.75 Å². The zero-order chi connectivity index (χ0) is 14.7. The summed E-state index contributed by atoms with van der Waals surface area (Å²) in [6.45, 7) is 5.72. The molecule has 20 heavy (non-hydrogen) atoms. The van der Waals surface area contributed by atoms with Gasteiger partial charge in [0.05, 0.1) is 6.10 Å². The lowest BCUT2D eigenvalue weighted by Crippen LogP contribution is -2.06. The molecule has 2 aromatic rings. The molecule has 3 heteroatoms. The molecule has 0 bridgehead atoms. The number of benzene rings is 2. The van der Waals surface area contributed by atoms with E-state index in [4.69, 9.17) is 4.74 Å². The van der Waals surface area contributed by atoms with Crippen molar-refractivity contribution in [2.45, 2.75) is 33.0 Å². The lowest BCUT2D eigenvalue weighted by atomic mass is 10.00. The maximum absolute atomic E-state index is 13.4. The Morgan fingerprint density at radius 2 is 1.65 bits per heavy atom. The van der Waals surface area contributed by atoms with E-state index in [1.54, 1.807) is 25.1 Å². The molecule has 0 heterocycles. The first-order valence-corrected chi connectivity index (χ1v) is 6.67. The molecule has 2 aromatic carbocycles. The van der Waals surface area contributed by atoms with Gasteiger partial charge in [-0.3, -0.25) is 0 Å². The van der Waals surface area contributed by atoms with E-state index in [-0.39, 0.29) is 11.9 Å². The zero-order valence-electron chi connectivity index (χ0n) is 11.9. The van der Waals surface area contributed by atoms with E-state index in [2.05, 4.69) is 0 Å². The van der Waals surface area contributed by atoms with Crippen molar-refractivity contribution < 1.29 is 14.2 Å². The van der Waals surface area contributed by atoms with E-state index in [9.17, 15) is 9.50 Å². The molecule has 1 N–H and O–H groups in total. The normalized spacial score (nSPS) is 12.5. The van der Waals surface area contributed by atoms with Crippen LogP contribution in [0, 0.1) is 12.7 Å². The smallest absolute Gasteiger partial charge is 0.123 e. The lowest BCUT2D eigenvalue weighted by Gasteiger charge is -2.14. The van der Waals surface area contributed by atoms with Crippen molar-refractivity contribution in [1.29, 1.82) is 0 Å². The van der Waals surface area contributed by atoms with Gasteiger partial charge >= 0.3 is 0 Å². The van der Waals surface area contributed by atoms with Gasteiger partial charge in [-0.15, -0.1) is 0 Å². The number of aryl methyl sites for hydroxylation is 1. The molecule has 0 aliphatic heterocycles. The van der Waals surface area contributed by atoms with Gasteiger partial charge in [0, 0.05) is 0 Å². The average molecular weight is 274 g/mol. The van der Waals surface area contributed by atoms with Gasteiger partial charge in [-0.1, -0.05) is 18.2 Å². The third-order valence-corrected chi connectivity index (χ3v) is 2.95. The fraction of sp³-hybridized carbons (Fsp3) is 0.294. The summed E-state index contributed by atoms with van der Waals surface area (Å²) in [6.07, 6.45) is -0.728. The quantitative estimate of drug-likeness (QED) is 0.913. The van der Waals surface area contributed by atoms with Crippen LogP contribution in [0.15, 0.2) is 42.5 Å². The number of aliphatic hydroxyl groups is 1. The van der Waals surface area contributed by atoms with Crippen molar-refractivity contribution in [3.63, 3.8) is 0 Å². The van der Waals surface area contributed by atoms with Gasteiger partial charge < -0.3 is 9.84 Å². The SMILES string of the molecule is Cc1cc(F)cc(C(O)c2ccc(OC(C)C)cc2)c1. The average Bonchev–Trinajstić information content (AvgIpc) is 2.37. The molecular weight excluding hydrogens is 255 g/mol. The highest BCUT2D eigenvalue weighted by atomic mass is 19.1. The van der Waals surface area contributed by atoms with Crippen LogP contribution in [-0.2, 0) is 0 Å². The summed E-state index contributed by atoms with van der Waals surface area (Å²) in [5.41, 5.74) is 2.06. The van der Waals surface area contributed by atoms with Gasteiger partial charge in [0.15, 0.2) is 0 Å². The topological polar surface area (TPSA) is 29.5 Å². The third kappa shape index (κ3) is 3.58. The van der Waals surface area contributed by atoms with Crippen molar-refractivity contribution in [1.82, 2.24) is 0 Å². The molecule has 0 saturated heterocycles. The van der Waals surface area contributed by atoms with E-state index >= 15 is 0 Å². The number of hydrogen-bond donors (Lipinski definition) is 1. The number of ether oxygens (including phenoxy) is 1. The second kappa shape index (κ2) is 6.06. The summed E-state index contributed by atoms with van der Waals surface area (Å²) in [6, 6.07) is 11.8. The van der Waals surface area contributed by atoms with Crippen LogP contribution in [0.1, 0.15) is 36.6 Å². The summed E-state index contributed by atoms with van der Waals surface area (Å²) < 4.78 is 18.9. The molecule has 106 valence electrons. The van der Waals surface area contributed by atoms with Gasteiger partial charge in [-0.2, -0.15) is 0 Å². The Balaban J connectivity index is 2.22. The first kappa shape index (κ1) is 14.5. The van der Waals surface area contributed by atoms with E-state index in [0.29, 0.717) is 11.1 Å². The standard InChI is InChI=1S/C17H19FO2/c1-11(2)20-16-6-4-13(5-7-16)17(19)14-8-12(3)9-15(18)10-14/h4-11,17,19H,1-3H3. The second-order valence-corrected chi connectivity index (χ2v) is 5.20. The van der Waals surface area contributed by atoms with Crippen LogP contribution >= 0.6 is 0 Å². The molecule has 0 aliphatic rings. The number of hydrogen-bond acceptors (Lipinski definition) is 2. The molecule has 1 atom stereocenters. The maximum Gasteiger partial charge on any atom is 0.123 e. The van der Waals surface area contributed by atoms with Gasteiger partial charge in [0.25, 0.3) is 0 Å². The van der Waals surface area contributed by atoms with Crippen molar-refractivity contribution in [2.75, 3.05) is 0 Å². The number of rotatable bonds is 4. The van der Waals surface area contributed by atoms with Crippen LogP contribution in [-0.4, -0.2) is 11.2 Å². The molecule has 0 saturated carbocycles. The summed E-state index contributed by atoms with van der Waals surface area (Å²) in [5, 5.41) is 10.3. The van der Waals surface area contributed by atoms with Crippen molar-refractivity contribution in [3.8, 4) is 5.75 Å². The first-order chi connectivity index (χ1) is 9.45. The molecule has 0 amide bonds. The van der Waals surface area contributed by atoms with Crippen LogP contribution in [0.4, 0.5) is 4.39 Å². The molecule has 0 aromatic heterocycles. The predicted molar refractivity (Wildman–Crippen MR) is 77.4 cm³/mol. The molecule has 0 spiro atoms. The largest absolute Gasteiger partial charge is 0.491 e. The van der Waals surface area contributed by atoms with Crippen LogP contribution in [0.3, 0.4) is 0 Å². The summed E-state index contributed by atoms with van der Waals surface area (Å²) in [7, 11) is 0. The zero-order valence-corrected chi connectivity index (χ0v) is 11.9. The van der Waals surface area contributed by atoms with Gasteiger partial charge in [-0.05, 0) is 61.7 Å². The van der Waals surface area contributed by atoms with Gasteiger partial charge in [-0.25, -0.2) is 4.39 Å². The number of halogens is 1. The van der Waals surface area contributed by atoms with E-state index in [0.717, 1.165) is 11.3 Å². The molecular formula is C17H19FO2. The highest BCUT2D eigenvalue weighted by Gasteiger charge is 2.12. The van der Waals surface area contributed by atoms with Crippen LogP contribution in [0.2, 0.25) is 0 Å². The Hall–Kier alpha value is -1.87. The van der Waals surface area contributed by atoms with Crippen LogP contribution < -0.4 is 4.74 Å². The molecule has 0 radical (unpaired) electrons. The summed E-state index contributed by atoms with van der Waals surface area (Å²) in [4.78, 5) is 0.